The van der Waals surface area contributed by atoms with Crippen molar-refractivity contribution in [2.45, 2.75) is 44.7 Å². The van der Waals surface area contributed by atoms with Crippen molar-refractivity contribution in [3.05, 3.63) is 29.8 Å². The highest BCUT2D eigenvalue weighted by Gasteiger charge is 2.31. The van der Waals surface area contributed by atoms with Gasteiger partial charge in [0, 0.05) is 24.8 Å². The van der Waals surface area contributed by atoms with E-state index in [1.807, 2.05) is 18.2 Å². The van der Waals surface area contributed by atoms with Gasteiger partial charge in [-0.15, -0.1) is 0 Å². The first-order valence-electron chi connectivity index (χ1n) is 8.14. The quantitative estimate of drug-likeness (QED) is 0.894. The number of aryl methyl sites for hydroxylation is 1. The van der Waals surface area contributed by atoms with E-state index in [0.29, 0.717) is 6.04 Å². The summed E-state index contributed by atoms with van der Waals surface area (Å²) in [6, 6.07) is 8.81. The van der Waals surface area contributed by atoms with E-state index in [1.165, 1.54) is 5.56 Å². The lowest BCUT2D eigenvalue weighted by molar-refractivity contribution is -0.121. The zero-order valence-corrected chi connectivity index (χ0v) is 12.8. The van der Waals surface area contributed by atoms with E-state index in [9.17, 15) is 4.79 Å². The Kier molecular flexibility index (Phi) is 4.56. The van der Waals surface area contributed by atoms with E-state index in [2.05, 4.69) is 28.5 Å². The molecule has 2 aliphatic heterocycles. The number of nitrogens with one attached hydrogen (secondary N) is 2. The molecule has 4 nitrogen and oxygen atoms in total. The summed E-state index contributed by atoms with van der Waals surface area (Å²) < 4.78 is 0. The van der Waals surface area contributed by atoms with E-state index in [4.69, 9.17) is 0 Å². The zero-order chi connectivity index (χ0) is 14.7. The second-order valence-corrected chi connectivity index (χ2v) is 6.07. The summed E-state index contributed by atoms with van der Waals surface area (Å²) in [7, 11) is 0. The van der Waals surface area contributed by atoms with Gasteiger partial charge < -0.3 is 10.6 Å². The molecule has 21 heavy (non-hydrogen) atoms. The number of carbonyl (C=O) groups is 1. The van der Waals surface area contributed by atoms with Crippen LogP contribution < -0.4 is 10.6 Å². The van der Waals surface area contributed by atoms with Crippen LogP contribution in [0.5, 0.6) is 0 Å². The van der Waals surface area contributed by atoms with Crippen molar-refractivity contribution in [1.29, 1.82) is 0 Å². The fourth-order valence-electron chi connectivity index (χ4n) is 3.55. The van der Waals surface area contributed by atoms with Crippen molar-refractivity contribution in [2.75, 3.05) is 25.0 Å². The third-order valence-corrected chi connectivity index (χ3v) is 4.73. The highest BCUT2D eigenvalue weighted by molar-refractivity contribution is 5.96. The normalized spacial score (nSPS) is 24.2. The summed E-state index contributed by atoms with van der Waals surface area (Å²) in [4.78, 5) is 14.9. The molecule has 0 spiro atoms. The van der Waals surface area contributed by atoms with Gasteiger partial charge in [-0.05, 0) is 43.9 Å². The number of amides is 1. The minimum atomic E-state index is 0.0278. The van der Waals surface area contributed by atoms with Gasteiger partial charge >= 0.3 is 0 Å². The largest absolute Gasteiger partial charge is 0.324 e. The van der Waals surface area contributed by atoms with Crippen molar-refractivity contribution < 1.29 is 4.79 Å². The zero-order valence-electron chi connectivity index (χ0n) is 12.8. The molecule has 1 aromatic carbocycles. The SMILES string of the molecule is CCNC1CCN(C2CCc3ccccc3NC2=O)CC1. The van der Waals surface area contributed by atoms with Gasteiger partial charge in [-0.3, -0.25) is 9.69 Å². The fourth-order valence-corrected chi connectivity index (χ4v) is 3.55. The molecular formula is C17H25N3O. The van der Waals surface area contributed by atoms with Gasteiger partial charge in [0.1, 0.15) is 0 Å². The molecule has 1 amide bonds. The summed E-state index contributed by atoms with van der Waals surface area (Å²) in [5.41, 5.74) is 2.25. The highest BCUT2D eigenvalue weighted by atomic mass is 16.2. The van der Waals surface area contributed by atoms with E-state index in [0.717, 1.165) is 51.0 Å². The predicted molar refractivity (Wildman–Crippen MR) is 85.5 cm³/mol. The molecule has 1 atom stereocenters. The van der Waals surface area contributed by atoms with Gasteiger partial charge in [0.05, 0.1) is 6.04 Å². The molecule has 2 N–H and O–H groups in total. The van der Waals surface area contributed by atoms with Crippen LogP contribution in [0.15, 0.2) is 24.3 Å². The van der Waals surface area contributed by atoms with Gasteiger partial charge in [-0.25, -0.2) is 0 Å². The Bertz CT molecular complexity index is 495. The van der Waals surface area contributed by atoms with Crippen LogP contribution in [0.25, 0.3) is 0 Å². The Labute approximate surface area is 126 Å². The minimum Gasteiger partial charge on any atom is -0.324 e. The van der Waals surface area contributed by atoms with Gasteiger partial charge in [0.25, 0.3) is 0 Å². The molecule has 4 heteroatoms. The summed E-state index contributed by atoms with van der Waals surface area (Å²) in [6.45, 7) is 5.23. The summed E-state index contributed by atoms with van der Waals surface area (Å²) in [6.07, 6.45) is 4.19. The number of carbonyl (C=O) groups excluding carboxylic acids is 1. The Hall–Kier alpha value is -1.39. The molecule has 0 aliphatic carbocycles. The number of nitrogens with zero attached hydrogens (tertiary/aromatic N) is 1. The van der Waals surface area contributed by atoms with Gasteiger partial charge in [-0.2, -0.15) is 0 Å². The van der Waals surface area contributed by atoms with Crippen LogP contribution in [-0.2, 0) is 11.2 Å². The molecular weight excluding hydrogens is 262 g/mol. The first kappa shape index (κ1) is 14.5. The lowest BCUT2D eigenvalue weighted by atomic mass is 10.00. The van der Waals surface area contributed by atoms with Crippen LogP contribution in [0.3, 0.4) is 0 Å². The number of likely N-dealkylation sites (tertiary alicyclic amines) is 1. The van der Waals surface area contributed by atoms with Crippen molar-refractivity contribution in [3.63, 3.8) is 0 Å². The maximum absolute atomic E-state index is 12.5. The second-order valence-electron chi connectivity index (χ2n) is 6.07. The monoisotopic (exact) mass is 287 g/mol. The Balaban J connectivity index is 1.64. The molecule has 0 bridgehead atoms. The molecule has 1 fully saturated rings. The average molecular weight is 287 g/mol. The van der Waals surface area contributed by atoms with Crippen molar-refractivity contribution in [3.8, 4) is 0 Å². The van der Waals surface area contributed by atoms with E-state index in [1.54, 1.807) is 0 Å². The molecule has 1 unspecified atom stereocenters. The molecule has 0 saturated carbocycles. The maximum atomic E-state index is 12.5. The van der Waals surface area contributed by atoms with E-state index < -0.39 is 0 Å². The molecule has 114 valence electrons. The number of benzene rings is 1. The molecule has 0 radical (unpaired) electrons. The number of anilines is 1. The number of fused-ring (bicyclic) bond motifs is 1. The first-order valence-corrected chi connectivity index (χ1v) is 8.14. The van der Waals surface area contributed by atoms with Crippen molar-refractivity contribution in [2.24, 2.45) is 0 Å². The van der Waals surface area contributed by atoms with Crippen LogP contribution in [0.4, 0.5) is 5.69 Å². The Morgan fingerprint density at radius 3 is 2.76 bits per heavy atom. The molecule has 0 aromatic heterocycles. The molecule has 2 aliphatic rings. The number of hydrogen-bond donors (Lipinski definition) is 2. The van der Waals surface area contributed by atoms with Crippen LogP contribution in [-0.4, -0.2) is 42.5 Å². The number of para-hydroxylation sites is 1. The summed E-state index contributed by atoms with van der Waals surface area (Å²) in [5, 5.41) is 6.63. The predicted octanol–water partition coefficient (Wildman–Crippen LogP) is 2.01. The fraction of sp³-hybridized carbons (Fsp3) is 0.588. The summed E-state index contributed by atoms with van der Waals surface area (Å²) in [5.74, 6) is 0.168. The number of piperidine rings is 1. The third-order valence-electron chi connectivity index (χ3n) is 4.73. The highest BCUT2D eigenvalue weighted by Crippen LogP contribution is 2.25. The van der Waals surface area contributed by atoms with Crippen LogP contribution in [0.2, 0.25) is 0 Å². The minimum absolute atomic E-state index is 0.0278. The summed E-state index contributed by atoms with van der Waals surface area (Å²) >= 11 is 0. The van der Waals surface area contributed by atoms with E-state index in [-0.39, 0.29) is 11.9 Å². The number of hydrogen-bond acceptors (Lipinski definition) is 3. The lowest BCUT2D eigenvalue weighted by Crippen LogP contribution is -2.50. The topological polar surface area (TPSA) is 44.4 Å². The Morgan fingerprint density at radius 2 is 2.00 bits per heavy atom. The van der Waals surface area contributed by atoms with Crippen LogP contribution in [0.1, 0.15) is 31.7 Å². The van der Waals surface area contributed by atoms with E-state index >= 15 is 0 Å². The molecule has 3 rings (SSSR count). The average Bonchev–Trinajstić information content (AvgIpc) is 2.67. The van der Waals surface area contributed by atoms with Gasteiger partial charge in [0.2, 0.25) is 5.91 Å². The third kappa shape index (κ3) is 3.27. The molecule has 1 aromatic rings. The van der Waals surface area contributed by atoms with Crippen LogP contribution in [0, 0.1) is 0 Å². The van der Waals surface area contributed by atoms with Gasteiger partial charge in [0.15, 0.2) is 0 Å². The van der Waals surface area contributed by atoms with Gasteiger partial charge in [-0.1, -0.05) is 25.1 Å². The standard InChI is InChI=1S/C17H25N3O/c1-2-18-14-9-11-20(12-10-14)16-8-7-13-5-3-4-6-15(13)19-17(16)21/h3-6,14,16,18H,2,7-12H2,1H3,(H,19,21). The lowest BCUT2D eigenvalue weighted by Gasteiger charge is -2.36. The second kappa shape index (κ2) is 6.58. The van der Waals surface area contributed by atoms with Crippen molar-refractivity contribution in [1.82, 2.24) is 10.2 Å². The smallest absolute Gasteiger partial charge is 0.241 e. The van der Waals surface area contributed by atoms with Crippen LogP contribution >= 0.6 is 0 Å². The Morgan fingerprint density at radius 1 is 1.24 bits per heavy atom. The molecule has 2 heterocycles. The number of rotatable bonds is 3. The maximum Gasteiger partial charge on any atom is 0.241 e. The van der Waals surface area contributed by atoms with Crippen molar-refractivity contribution >= 4 is 11.6 Å². The first-order chi connectivity index (χ1) is 10.3. The molecule has 1 saturated heterocycles.